The Morgan fingerprint density at radius 1 is 1.03 bits per heavy atom. The molecule has 0 spiro atoms. The first-order valence-electron chi connectivity index (χ1n) is 11.6. The molecule has 3 N–H and O–H groups in total. The Balaban J connectivity index is 1.60. The third kappa shape index (κ3) is 3.93. The number of hydrogen-bond donors (Lipinski definition) is 3. The molecule has 0 unspecified atom stereocenters. The second kappa shape index (κ2) is 8.34. The monoisotopic (exact) mass is 447 g/mol. The van der Waals surface area contributed by atoms with Crippen molar-refractivity contribution < 1.29 is 24.6 Å². The van der Waals surface area contributed by atoms with Crippen LogP contribution < -0.4 is 10.2 Å². The van der Waals surface area contributed by atoms with Gasteiger partial charge in [0, 0.05) is 17.2 Å². The zero-order valence-electron chi connectivity index (χ0n) is 18.7. The third-order valence-electron chi connectivity index (χ3n) is 7.93. The third-order valence-corrected chi connectivity index (χ3v) is 7.93. The van der Waals surface area contributed by atoms with Gasteiger partial charge in [0.25, 0.3) is 5.91 Å². The molecular weight excluding hydrogens is 418 g/mol. The van der Waals surface area contributed by atoms with Crippen molar-refractivity contribution in [3.8, 4) is 16.9 Å². The highest BCUT2D eigenvalue weighted by molar-refractivity contribution is 5.96. The Kier molecular flexibility index (Phi) is 5.49. The highest BCUT2D eigenvalue weighted by atomic mass is 16.5. The van der Waals surface area contributed by atoms with Crippen molar-refractivity contribution in [1.82, 2.24) is 5.48 Å². The van der Waals surface area contributed by atoms with Crippen molar-refractivity contribution in [2.75, 3.05) is 7.11 Å². The zero-order chi connectivity index (χ0) is 23.2. The number of nitrogens with one attached hydrogen (secondary N) is 1. The molecule has 2 aromatic carbocycles. The van der Waals surface area contributed by atoms with Crippen LogP contribution in [0.3, 0.4) is 0 Å². The van der Waals surface area contributed by atoms with E-state index in [1.54, 1.807) is 7.11 Å². The predicted octanol–water partition coefficient (Wildman–Crippen LogP) is 5.05. The Morgan fingerprint density at radius 3 is 2.27 bits per heavy atom. The minimum absolute atomic E-state index is 0.0238. The van der Waals surface area contributed by atoms with E-state index in [9.17, 15) is 14.8 Å². The van der Waals surface area contributed by atoms with Crippen molar-refractivity contribution in [3.63, 3.8) is 0 Å². The van der Waals surface area contributed by atoms with Crippen LogP contribution in [0.2, 0.25) is 0 Å². The van der Waals surface area contributed by atoms with Crippen molar-refractivity contribution in [3.05, 3.63) is 59.2 Å². The summed E-state index contributed by atoms with van der Waals surface area (Å²) in [5.74, 6) is 1.34. The van der Waals surface area contributed by atoms with Gasteiger partial charge in [-0.1, -0.05) is 18.2 Å². The van der Waals surface area contributed by atoms with Gasteiger partial charge in [0.15, 0.2) is 0 Å². The molecule has 0 aromatic heterocycles. The number of amides is 1. The molecule has 2 aromatic rings. The fourth-order valence-corrected chi connectivity index (χ4v) is 7.07. The summed E-state index contributed by atoms with van der Waals surface area (Å²) in [5, 5.41) is 18.3. The molecule has 0 heterocycles. The maximum atomic E-state index is 12.6. The number of ether oxygens (including phenoxy) is 1. The lowest BCUT2D eigenvalue weighted by Gasteiger charge is -2.57. The first-order chi connectivity index (χ1) is 15.9. The quantitative estimate of drug-likeness (QED) is 0.327. The zero-order valence-corrected chi connectivity index (χ0v) is 18.7. The van der Waals surface area contributed by atoms with Gasteiger partial charge in [-0.05, 0) is 103 Å². The summed E-state index contributed by atoms with van der Waals surface area (Å²) in [6.45, 7) is 0. The van der Waals surface area contributed by atoms with Gasteiger partial charge in [-0.2, -0.15) is 0 Å². The van der Waals surface area contributed by atoms with E-state index < -0.39 is 11.9 Å². The molecule has 172 valence electrons. The summed E-state index contributed by atoms with van der Waals surface area (Å²) in [5.41, 5.74) is 5.96. The Bertz CT molecular complexity index is 1100. The highest BCUT2D eigenvalue weighted by Gasteiger charge is 2.52. The average molecular weight is 448 g/mol. The van der Waals surface area contributed by atoms with Gasteiger partial charge in [-0.15, -0.1) is 0 Å². The van der Waals surface area contributed by atoms with Gasteiger partial charge in [0.2, 0.25) is 0 Å². The van der Waals surface area contributed by atoms with Crippen LogP contribution in [-0.2, 0) is 10.2 Å². The number of benzene rings is 2. The van der Waals surface area contributed by atoms with Crippen molar-refractivity contribution in [1.29, 1.82) is 0 Å². The molecule has 0 aliphatic heterocycles. The topological polar surface area (TPSA) is 95.9 Å². The maximum Gasteiger partial charge on any atom is 0.328 e. The lowest BCUT2D eigenvalue weighted by atomic mass is 9.47. The van der Waals surface area contributed by atoms with Crippen LogP contribution in [0.25, 0.3) is 17.2 Å². The van der Waals surface area contributed by atoms with Crippen LogP contribution in [0.4, 0.5) is 0 Å². The molecular formula is C27H29NO5. The molecule has 4 saturated carbocycles. The molecule has 33 heavy (non-hydrogen) atoms. The van der Waals surface area contributed by atoms with Crippen molar-refractivity contribution >= 4 is 18.0 Å². The Morgan fingerprint density at radius 2 is 1.70 bits per heavy atom. The fraction of sp³-hybridized carbons (Fsp3) is 0.407. The Hall–Kier alpha value is -3.12. The summed E-state index contributed by atoms with van der Waals surface area (Å²) < 4.78 is 5.63. The minimum atomic E-state index is -1.00. The maximum absolute atomic E-state index is 12.6. The van der Waals surface area contributed by atoms with Gasteiger partial charge in [-0.25, -0.2) is 10.3 Å². The number of hydroxylamine groups is 1. The average Bonchev–Trinajstić information content (AvgIpc) is 2.80. The molecule has 6 heteroatoms. The number of carbonyl (C=O) groups excluding carboxylic acids is 1. The second-order valence-electron chi connectivity index (χ2n) is 10.0. The minimum Gasteiger partial charge on any atom is -0.496 e. The van der Waals surface area contributed by atoms with Gasteiger partial charge in [0.05, 0.1) is 7.11 Å². The first-order valence-corrected chi connectivity index (χ1v) is 11.6. The van der Waals surface area contributed by atoms with E-state index in [1.807, 2.05) is 35.8 Å². The lowest BCUT2D eigenvalue weighted by molar-refractivity contribution is -0.131. The molecule has 4 aliphatic rings. The molecule has 4 fully saturated rings. The first kappa shape index (κ1) is 21.7. The largest absolute Gasteiger partial charge is 0.496 e. The molecule has 6 rings (SSSR count). The van der Waals surface area contributed by atoms with E-state index in [0.717, 1.165) is 65.3 Å². The van der Waals surface area contributed by atoms with Crippen LogP contribution in [0.15, 0.2) is 42.5 Å². The number of methoxy groups -OCH3 is 1. The lowest BCUT2D eigenvalue weighted by Crippen LogP contribution is -2.49. The highest BCUT2D eigenvalue weighted by Crippen LogP contribution is 2.61. The van der Waals surface area contributed by atoms with E-state index >= 15 is 0 Å². The van der Waals surface area contributed by atoms with Gasteiger partial charge >= 0.3 is 5.97 Å². The summed E-state index contributed by atoms with van der Waals surface area (Å²) in [4.78, 5) is 23.5. The van der Waals surface area contributed by atoms with Gasteiger partial charge in [0.1, 0.15) is 5.75 Å². The van der Waals surface area contributed by atoms with Crippen molar-refractivity contribution in [2.24, 2.45) is 17.8 Å². The van der Waals surface area contributed by atoms with Crippen molar-refractivity contribution in [2.45, 2.75) is 43.9 Å². The van der Waals surface area contributed by atoms with Crippen LogP contribution in [0.1, 0.15) is 60.0 Å². The number of carbonyl (C=O) groups is 2. The Labute approximate surface area is 193 Å². The fourth-order valence-electron chi connectivity index (χ4n) is 7.07. The summed E-state index contributed by atoms with van der Waals surface area (Å²) in [6, 6.07) is 11.4. The van der Waals surface area contributed by atoms with Gasteiger partial charge < -0.3 is 9.84 Å². The number of rotatable bonds is 6. The summed E-state index contributed by atoms with van der Waals surface area (Å²) in [7, 11) is 1.59. The number of carboxylic acid groups (broad SMARTS) is 1. The normalized spacial score (nSPS) is 27.6. The molecule has 0 atom stereocenters. The van der Waals surface area contributed by atoms with E-state index in [4.69, 9.17) is 9.84 Å². The molecule has 4 bridgehead atoms. The van der Waals surface area contributed by atoms with Crippen LogP contribution in [-0.4, -0.2) is 29.3 Å². The van der Waals surface area contributed by atoms with E-state index in [1.165, 1.54) is 25.3 Å². The van der Waals surface area contributed by atoms with E-state index in [-0.39, 0.29) is 5.41 Å². The number of carboxylic acids is 1. The van der Waals surface area contributed by atoms with E-state index in [0.29, 0.717) is 11.3 Å². The number of hydrogen-bond acceptors (Lipinski definition) is 4. The standard InChI is InChI=1S/C27H29NO5/c1-33-24-11-16(3-7-25(29)30)2-5-21(24)20-4-6-22(26(31)28-32)23(12-20)27-13-17-8-18(14-27)10-19(9-17)15-27/h2-7,11-12,17-19,32H,8-10,13-15H2,1H3,(H,28,31)(H,29,30). The van der Waals surface area contributed by atoms with E-state index in [2.05, 4.69) is 6.07 Å². The molecule has 0 radical (unpaired) electrons. The summed E-state index contributed by atoms with van der Waals surface area (Å²) in [6.07, 6.45) is 9.85. The molecule has 0 saturated heterocycles. The van der Waals surface area contributed by atoms with Crippen LogP contribution >= 0.6 is 0 Å². The smallest absolute Gasteiger partial charge is 0.328 e. The number of aliphatic carboxylic acids is 1. The molecule has 1 amide bonds. The molecule has 4 aliphatic carbocycles. The van der Waals surface area contributed by atoms with Crippen LogP contribution in [0.5, 0.6) is 5.75 Å². The molecule has 6 nitrogen and oxygen atoms in total. The SMILES string of the molecule is COc1cc(C=CC(=O)O)ccc1-c1ccc(C(=O)NO)c(C23CC4CC(CC(C4)C2)C3)c1. The van der Waals surface area contributed by atoms with Crippen LogP contribution in [0, 0.1) is 17.8 Å². The second-order valence-corrected chi connectivity index (χ2v) is 10.0. The summed E-state index contributed by atoms with van der Waals surface area (Å²) >= 11 is 0. The van der Waals surface area contributed by atoms with Gasteiger partial charge in [-0.3, -0.25) is 10.0 Å². The predicted molar refractivity (Wildman–Crippen MR) is 124 cm³/mol.